The molecule has 2 amide bonds. The molecule has 2 aromatic heterocycles. The van der Waals surface area contributed by atoms with Gasteiger partial charge in [-0.25, -0.2) is 0 Å². The van der Waals surface area contributed by atoms with Crippen LogP contribution in [0.15, 0.2) is 47.8 Å². The molecule has 0 spiro atoms. The third kappa shape index (κ3) is 4.66. The Labute approximate surface area is 211 Å². The minimum Gasteiger partial charge on any atom is -0.351 e. The van der Waals surface area contributed by atoms with Crippen LogP contribution < -0.4 is 5.32 Å². The number of carbonyl (C=O) groups excluding carboxylic acids is 2. The van der Waals surface area contributed by atoms with Crippen molar-refractivity contribution in [3.63, 3.8) is 0 Å². The minimum absolute atomic E-state index is 0.0791. The average molecular weight is 491 g/mol. The molecule has 1 aromatic carbocycles. The molecule has 3 heterocycles. The molecule has 1 unspecified atom stereocenters. The number of hydrogen-bond donors (Lipinski definition) is 1. The van der Waals surface area contributed by atoms with Gasteiger partial charge in [0.15, 0.2) is 0 Å². The Morgan fingerprint density at radius 3 is 2.63 bits per heavy atom. The van der Waals surface area contributed by atoms with Crippen LogP contribution in [0.2, 0.25) is 0 Å². The van der Waals surface area contributed by atoms with Gasteiger partial charge in [0.25, 0.3) is 5.91 Å². The van der Waals surface area contributed by atoms with Crippen LogP contribution in [-0.4, -0.2) is 38.1 Å². The fraction of sp³-hybridized carbons (Fsp3) is 0.464. The van der Waals surface area contributed by atoms with Gasteiger partial charge >= 0.3 is 0 Å². The van der Waals surface area contributed by atoms with Crippen LogP contribution in [0.4, 0.5) is 0 Å². The summed E-state index contributed by atoms with van der Waals surface area (Å²) < 4.78 is 1.74. The van der Waals surface area contributed by atoms with Crippen molar-refractivity contribution in [1.29, 1.82) is 0 Å². The maximum Gasteiger partial charge on any atom is 0.273 e. The number of nitrogens with zero attached hydrogens (tertiary/aromatic N) is 3. The van der Waals surface area contributed by atoms with Crippen LogP contribution in [0.1, 0.15) is 74.0 Å². The number of thiophene rings is 1. The molecule has 3 aromatic rings. The first kappa shape index (κ1) is 23.8. The molecule has 0 saturated heterocycles. The first-order valence-electron chi connectivity index (χ1n) is 12.8. The van der Waals surface area contributed by atoms with Gasteiger partial charge in [-0.3, -0.25) is 14.3 Å². The third-order valence-corrected chi connectivity index (χ3v) is 8.36. The van der Waals surface area contributed by atoms with Crippen LogP contribution in [0.5, 0.6) is 0 Å². The normalized spacial score (nSPS) is 20.6. The zero-order chi connectivity index (χ0) is 24.4. The minimum atomic E-state index is -1.03. The second kappa shape index (κ2) is 9.97. The lowest BCUT2D eigenvalue weighted by Gasteiger charge is -2.44. The Kier molecular flexibility index (Phi) is 6.78. The summed E-state index contributed by atoms with van der Waals surface area (Å²) in [5.74, 6) is -0.219. The number of nitrogens with one attached hydrogen (secondary N) is 1. The molecule has 1 atom stereocenters. The number of carbonyl (C=O) groups is 2. The van der Waals surface area contributed by atoms with E-state index in [9.17, 15) is 9.59 Å². The van der Waals surface area contributed by atoms with E-state index in [-0.39, 0.29) is 17.9 Å². The van der Waals surface area contributed by atoms with Crippen LogP contribution in [-0.2, 0) is 24.3 Å². The maximum atomic E-state index is 14.0. The first-order chi connectivity index (χ1) is 17.0. The topological polar surface area (TPSA) is 67.2 Å². The van der Waals surface area contributed by atoms with Crippen molar-refractivity contribution in [3.05, 3.63) is 64.7 Å². The lowest BCUT2D eigenvalue weighted by Crippen LogP contribution is -2.64. The summed E-state index contributed by atoms with van der Waals surface area (Å²) in [6, 6.07) is 14.3. The standard InChI is InChI=1S/C28H34N4O2S/c1-3-10-20-11-7-8-12-21(20)18-31-26(33)24-17-23(25-15-9-16-35-25)30-32(24)19-28(31,2)27(34)29-22-13-5-4-6-14-22/h7-9,11-12,15-17,22H,3-6,10,13-14,18-19H2,1-2H3,(H,29,34). The Bertz CT molecular complexity index is 1200. The highest BCUT2D eigenvalue weighted by molar-refractivity contribution is 7.13. The monoisotopic (exact) mass is 490 g/mol. The van der Waals surface area contributed by atoms with Gasteiger partial charge < -0.3 is 10.2 Å². The smallest absolute Gasteiger partial charge is 0.273 e. The molecule has 1 aliphatic heterocycles. The quantitative estimate of drug-likeness (QED) is 0.480. The molecule has 1 fully saturated rings. The van der Waals surface area contributed by atoms with Crippen molar-refractivity contribution < 1.29 is 9.59 Å². The van der Waals surface area contributed by atoms with Crippen LogP contribution >= 0.6 is 11.3 Å². The second-order valence-corrected chi connectivity index (χ2v) is 11.0. The number of hydrogen-bond acceptors (Lipinski definition) is 4. The highest BCUT2D eigenvalue weighted by Crippen LogP contribution is 2.33. The third-order valence-electron chi connectivity index (χ3n) is 7.47. The van der Waals surface area contributed by atoms with Crippen molar-refractivity contribution in [2.45, 2.75) is 83.5 Å². The number of fused-ring (bicyclic) bond motifs is 1. The SMILES string of the molecule is CCCc1ccccc1CN1C(=O)c2cc(-c3cccs3)nn2CC1(C)C(=O)NC1CCCCC1. The summed E-state index contributed by atoms with van der Waals surface area (Å²) in [7, 11) is 0. The van der Waals surface area contributed by atoms with E-state index in [0.29, 0.717) is 18.8 Å². The number of rotatable bonds is 7. The molecule has 1 aliphatic carbocycles. The number of benzene rings is 1. The largest absolute Gasteiger partial charge is 0.351 e. The van der Waals surface area contributed by atoms with Crippen molar-refractivity contribution >= 4 is 23.2 Å². The molecule has 35 heavy (non-hydrogen) atoms. The molecule has 7 heteroatoms. The highest BCUT2D eigenvalue weighted by atomic mass is 32.1. The van der Waals surface area contributed by atoms with E-state index in [1.54, 1.807) is 20.9 Å². The number of aryl methyl sites for hydroxylation is 1. The molecule has 1 N–H and O–H groups in total. The molecule has 184 valence electrons. The summed E-state index contributed by atoms with van der Waals surface area (Å²) in [6.07, 6.45) is 7.50. The Hall–Kier alpha value is -2.93. The van der Waals surface area contributed by atoms with Gasteiger partial charge in [0.1, 0.15) is 16.9 Å². The summed E-state index contributed by atoms with van der Waals surface area (Å²) in [5.41, 5.74) is 2.64. The first-order valence-corrected chi connectivity index (χ1v) is 13.7. The lowest BCUT2D eigenvalue weighted by molar-refractivity contribution is -0.134. The van der Waals surface area contributed by atoms with E-state index in [1.807, 2.05) is 42.6 Å². The van der Waals surface area contributed by atoms with Gasteiger partial charge in [-0.15, -0.1) is 11.3 Å². The number of amides is 2. The van der Waals surface area contributed by atoms with Crippen LogP contribution in [0.3, 0.4) is 0 Å². The zero-order valence-corrected chi connectivity index (χ0v) is 21.4. The second-order valence-electron chi connectivity index (χ2n) is 10.0. The summed E-state index contributed by atoms with van der Waals surface area (Å²) in [5, 5.41) is 10.1. The van der Waals surface area contributed by atoms with E-state index >= 15 is 0 Å². The van der Waals surface area contributed by atoms with Crippen molar-refractivity contribution in [2.75, 3.05) is 0 Å². The number of aromatic nitrogens is 2. The van der Waals surface area contributed by atoms with Gasteiger partial charge in [-0.05, 0) is 54.8 Å². The maximum absolute atomic E-state index is 14.0. The summed E-state index contributed by atoms with van der Waals surface area (Å²) in [6.45, 7) is 4.81. The summed E-state index contributed by atoms with van der Waals surface area (Å²) in [4.78, 5) is 30.6. The van der Waals surface area contributed by atoms with Crippen molar-refractivity contribution in [1.82, 2.24) is 20.0 Å². The molecule has 0 radical (unpaired) electrons. The van der Waals surface area contributed by atoms with E-state index in [1.165, 1.54) is 12.0 Å². The average Bonchev–Trinajstić information content (AvgIpc) is 3.54. The molecule has 2 aliphatic rings. The van der Waals surface area contributed by atoms with Gasteiger partial charge in [-0.2, -0.15) is 5.10 Å². The molecule has 0 bridgehead atoms. The van der Waals surface area contributed by atoms with Crippen molar-refractivity contribution in [2.24, 2.45) is 0 Å². The molecule has 6 nitrogen and oxygen atoms in total. The lowest BCUT2D eigenvalue weighted by atomic mass is 9.90. The van der Waals surface area contributed by atoms with Gasteiger partial charge in [0, 0.05) is 12.6 Å². The molecular formula is C28H34N4O2S. The van der Waals surface area contributed by atoms with Gasteiger partial charge in [0.2, 0.25) is 5.91 Å². The zero-order valence-electron chi connectivity index (χ0n) is 20.6. The van der Waals surface area contributed by atoms with Crippen LogP contribution in [0, 0.1) is 0 Å². The Morgan fingerprint density at radius 1 is 1.14 bits per heavy atom. The van der Waals surface area contributed by atoms with E-state index in [2.05, 4.69) is 24.4 Å². The predicted octanol–water partition coefficient (Wildman–Crippen LogP) is 5.43. The van der Waals surface area contributed by atoms with E-state index in [4.69, 9.17) is 5.10 Å². The Balaban J connectivity index is 1.52. The van der Waals surface area contributed by atoms with Gasteiger partial charge in [0.05, 0.1) is 11.4 Å². The van der Waals surface area contributed by atoms with E-state index < -0.39 is 5.54 Å². The predicted molar refractivity (Wildman–Crippen MR) is 139 cm³/mol. The van der Waals surface area contributed by atoms with E-state index in [0.717, 1.165) is 54.7 Å². The van der Waals surface area contributed by atoms with Crippen LogP contribution in [0.25, 0.3) is 10.6 Å². The van der Waals surface area contributed by atoms with Gasteiger partial charge in [-0.1, -0.05) is 62.9 Å². The Morgan fingerprint density at radius 2 is 1.91 bits per heavy atom. The molecule has 1 saturated carbocycles. The molecule has 5 rings (SSSR count). The molecular weight excluding hydrogens is 456 g/mol. The fourth-order valence-electron chi connectivity index (χ4n) is 5.42. The summed E-state index contributed by atoms with van der Waals surface area (Å²) >= 11 is 1.60. The fourth-order valence-corrected chi connectivity index (χ4v) is 6.10. The highest BCUT2D eigenvalue weighted by Gasteiger charge is 2.48. The van der Waals surface area contributed by atoms with Crippen molar-refractivity contribution in [3.8, 4) is 10.6 Å².